The minimum atomic E-state index is -0.371. The molecule has 5 nitrogen and oxygen atoms in total. The van der Waals surface area contributed by atoms with Gasteiger partial charge in [0.05, 0.1) is 12.5 Å². The number of aryl methyl sites for hydroxylation is 1. The van der Waals surface area contributed by atoms with Gasteiger partial charge in [0, 0.05) is 32.7 Å². The summed E-state index contributed by atoms with van der Waals surface area (Å²) in [6.45, 7) is 7.95. The minimum absolute atomic E-state index is 0.0746. The van der Waals surface area contributed by atoms with Gasteiger partial charge in [-0.25, -0.2) is 0 Å². The second-order valence-electron chi connectivity index (χ2n) is 7.01. The first-order valence-electron chi connectivity index (χ1n) is 9.99. The van der Waals surface area contributed by atoms with Gasteiger partial charge in [-0.05, 0) is 31.2 Å². The van der Waals surface area contributed by atoms with Crippen LogP contribution in [0.4, 0.5) is 0 Å². The van der Waals surface area contributed by atoms with Gasteiger partial charge in [-0.3, -0.25) is 9.59 Å². The number of nitrogens with one attached hydrogen (secondary N) is 1. The van der Waals surface area contributed by atoms with Crippen LogP contribution in [0.5, 0.6) is 0 Å². The Bertz CT molecular complexity index is 556. The molecule has 0 aliphatic carbocycles. The van der Waals surface area contributed by atoms with E-state index in [2.05, 4.69) is 31.3 Å². The van der Waals surface area contributed by atoms with Crippen molar-refractivity contribution in [1.82, 2.24) is 15.1 Å². The predicted octanol–water partition coefficient (Wildman–Crippen LogP) is 2.46. The summed E-state index contributed by atoms with van der Waals surface area (Å²) in [6.07, 6.45) is 4.09. The van der Waals surface area contributed by atoms with Crippen molar-refractivity contribution in [3.05, 3.63) is 35.9 Å². The number of hydrogen-bond donors (Lipinski definition) is 1. The summed E-state index contributed by atoms with van der Waals surface area (Å²) in [6, 6.07) is 9.99. The number of nitrogens with zero attached hydrogens (tertiary/aromatic N) is 2. The van der Waals surface area contributed by atoms with Crippen LogP contribution < -0.4 is 5.32 Å². The van der Waals surface area contributed by atoms with E-state index in [-0.39, 0.29) is 24.3 Å². The van der Waals surface area contributed by atoms with Gasteiger partial charge in [0.2, 0.25) is 11.8 Å². The quantitative estimate of drug-likeness (QED) is 0.698. The average molecular weight is 360 g/mol. The van der Waals surface area contributed by atoms with Crippen LogP contribution in [0.1, 0.15) is 45.1 Å². The van der Waals surface area contributed by atoms with E-state index in [4.69, 9.17) is 0 Å². The molecule has 1 aromatic rings. The fourth-order valence-electron chi connectivity index (χ4n) is 3.50. The summed E-state index contributed by atoms with van der Waals surface area (Å²) < 4.78 is 0. The number of carbonyl (C=O) groups excluding carboxylic acids is 2. The molecule has 1 saturated heterocycles. The Hall–Kier alpha value is -1.88. The first-order chi connectivity index (χ1) is 12.7. The minimum Gasteiger partial charge on any atom is -0.343 e. The number of benzene rings is 1. The maximum absolute atomic E-state index is 12.7. The summed E-state index contributed by atoms with van der Waals surface area (Å²) >= 11 is 0. The van der Waals surface area contributed by atoms with Crippen LogP contribution in [0.2, 0.25) is 0 Å². The van der Waals surface area contributed by atoms with Gasteiger partial charge in [-0.1, -0.05) is 44.2 Å². The van der Waals surface area contributed by atoms with E-state index in [1.807, 2.05) is 28.0 Å². The van der Waals surface area contributed by atoms with Gasteiger partial charge in [-0.2, -0.15) is 0 Å². The van der Waals surface area contributed by atoms with Crippen LogP contribution in [0.25, 0.3) is 0 Å². The van der Waals surface area contributed by atoms with Gasteiger partial charge >= 0.3 is 0 Å². The van der Waals surface area contributed by atoms with Crippen LogP contribution in [-0.2, 0) is 16.0 Å². The van der Waals surface area contributed by atoms with Gasteiger partial charge in [0.1, 0.15) is 0 Å². The Balaban J connectivity index is 1.83. The third-order valence-electron chi connectivity index (χ3n) is 4.84. The predicted molar refractivity (Wildman–Crippen MR) is 105 cm³/mol. The molecular weight excluding hydrogens is 326 g/mol. The fourth-order valence-corrected chi connectivity index (χ4v) is 3.50. The lowest BCUT2D eigenvalue weighted by Crippen LogP contribution is -2.56. The molecule has 0 saturated carbocycles. The van der Waals surface area contributed by atoms with Gasteiger partial charge in [0.25, 0.3) is 0 Å². The number of amides is 2. The lowest BCUT2D eigenvalue weighted by atomic mass is 10.1. The Morgan fingerprint density at radius 3 is 2.54 bits per heavy atom. The third kappa shape index (κ3) is 6.13. The number of carbonyl (C=O) groups is 2. The van der Waals surface area contributed by atoms with Crippen molar-refractivity contribution in [3.63, 3.8) is 0 Å². The monoisotopic (exact) mass is 359 g/mol. The van der Waals surface area contributed by atoms with E-state index >= 15 is 0 Å². The summed E-state index contributed by atoms with van der Waals surface area (Å²) in [5.74, 6) is 0.163. The molecule has 1 fully saturated rings. The number of hydrogen-bond acceptors (Lipinski definition) is 3. The van der Waals surface area contributed by atoms with E-state index in [0.717, 1.165) is 58.4 Å². The molecule has 1 N–H and O–H groups in total. The summed E-state index contributed by atoms with van der Waals surface area (Å²) in [7, 11) is 0. The molecular formula is C21H33N3O2. The zero-order valence-corrected chi connectivity index (χ0v) is 16.2. The molecule has 2 rings (SSSR count). The highest BCUT2D eigenvalue weighted by molar-refractivity contribution is 5.89. The molecule has 1 aliphatic rings. The highest BCUT2D eigenvalue weighted by atomic mass is 16.2. The molecule has 1 unspecified atom stereocenters. The molecule has 1 aliphatic heterocycles. The van der Waals surface area contributed by atoms with Crippen molar-refractivity contribution in [1.29, 1.82) is 0 Å². The molecule has 0 spiro atoms. The fraction of sp³-hybridized carbons (Fsp3) is 0.619. The van der Waals surface area contributed by atoms with Crippen LogP contribution in [-0.4, -0.2) is 60.4 Å². The standard InChI is InChI=1S/C21H33N3O2/c1-3-13-23(14-4-2)20(25)17-19-21(26)24(16-12-22-19)15-8-11-18-9-6-5-7-10-18/h5-7,9-10,19,22H,3-4,8,11-17H2,1-2H3. The largest absolute Gasteiger partial charge is 0.343 e. The van der Waals surface area contributed by atoms with Crippen LogP contribution in [0, 0.1) is 0 Å². The van der Waals surface area contributed by atoms with Crippen LogP contribution in [0.3, 0.4) is 0 Å². The molecule has 0 bridgehead atoms. The average Bonchev–Trinajstić information content (AvgIpc) is 2.65. The second kappa shape index (κ2) is 11.0. The topological polar surface area (TPSA) is 52.7 Å². The number of rotatable bonds is 10. The third-order valence-corrected chi connectivity index (χ3v) is 4.84. The van der Waals surface area contributed by atoms with E-state index in [1.165, 1.54) is 5.56 Å². The smallest absolute Gasteiger partial charge is 0.240 e. The van der Waals surface area contributed by atoms with Crippen molar-refractivity contribution in [2.75, 3.05) is 32.7 Å². The first-order valence-corrected chi connectivity index (χ1v) is 9.99. The molecule has 1 heterocycles. The molecule has 1 atom stereocenters. The zero-order valence-electron chi connectivity index (χ0n) is 16.2. The summed E-state index contributed by atoms with van der Waals surface area (Å²) in [4.78, 5) is 29.1. The van der Waals surface area contributed by atoms with Crippen molar-refractivity contribution in [3.8, 4) is 0 Å². The first kappa shape index (κ1) is 20.4. The van der Waals surface area contributed by atoms with Gasteiger partial charge in [-0.15, -0.1) is 0 Å². The lowest BCUT2D eigenvalue weighted by molar-refractivity contribution is -0.141. The maximum Gasteiger partial charge on any atom is 0.240 e. The van der Waals surface area contributed by atoms with Crippen molar-refractivity contribution in [2.45, 2.75) is 52.0 Å². The molecule has 5 heteroatoms. The molecule has 144 valence electrons. The summed E-state index contributed by atoms with van der Waals surface area (Å²) in [5, 5.41) is 3.24. The van der Waals surface area contributed by atoms with Crippen molar-refractivity contribution < 1.29 is 9.59 Å². The lowest BCUT2D eigenvalue weighted by Gasteiger charge is -2.34. The Kier molecular flexibility index (Phi) is 8.62. The number of piperazine rings is 1. The molecule has 0 radical (unpaired) electrons. The Morgan fingerprint density at radius 1 is 1.19 bits per heavy atom. The highest BCUT2D eigenvalue weighted by Crippen LogP contribution is 2.10. The molecule has 26 heavy (non-hydrogen) atoms. The van der Waals surface area contributed by atoms with Gasteiger partial charge < -0.3 is 15.1 Å². The van der Waals surface area contributed by atoms with E-state index in [9.17, 15) is 9.59 Å². The van der Waals surface area contributed by atoms with Crippen molar-refractivity contribution in [2.24, 2.45) is 0 Å². The Morgan fingerprint density at radius 2 is 1.88 bits per heavy atom. The van der Waals surface area contributed by atoms with E-state index in [1.54, 1.807) is 0 Å². The van der Waals surface area contributed by atoms with Crippen molar-refractivity contribution >= 4 is 11.8 Å². The second-order valence-corrected chi connectivity index (χ2v) is 7.01. The van der Waals surface area contributed by atoms with E-state index in [0.29, 0.717) is 0 Å². The maximum atomic E-state index is 12.7. The van der Waals surface area contributed by atoms with E-state index < -0.39 is 0 Å². The van der Waals surface area contributed by atoms with Crippen LogP contribution >= 0.6 is 0 Å². The van der Waals surface area contributed by atoms with Gasteiger partial charge in [0.15, 0.2) is 0 Å². The molecule has 2 amide bonds. The molecule has 1 aromatic carbocycles. The SMILES string of the molecule is CCCN(CCC)C(=O)CC1NCCN(CCCc2ccccc2)C1=O. The molecule has 0 aromatic heterocycles. The zero-order chi connectivity index (χ0) is 18.8. The Labute approximate surface area is 157 Å². The summed E-state index contributed by atoms with van der Waals surface area (Å²) in [5.41, 5.74) is 1.30. The normalized spacial score (nSPS) is 17.4. The van der Waals surface area contributed by atoms with Crippen LogP contribution in [0.15, 0.2) is 30.3 Å². The highest BCUT2D eigenvalue weighted by Gasteiger charge is 2.30.